The van der Waals surface area contributed by atoms with Crippen molar-refractivity contribution in [2.24, 2.45) is 0 Å². The summed E-state index contributed by atoms with van der Waals surface area (Å²) in [6, 6.07) is 15.7. The van der Waals surface area contributed by atoms with E-state index >= 15 is 0 Å². The van der Waals surface area contributed by atoms with Gasteiger partial charge in [0.05, 0.1) is 4.92 Å². The van der Waals surface area contributed by atoms with Crippen LogP contribution in [0.15, 0.2) is 65.1 Å². The number of nitro benzene ring substituents is 1. The van der Waals surface area contributed by atoms with Crippen LogP contribution < -0.4 is 21.3 Å². The number of non-ortho nitro benzene ring substituents is 1. The van der Waals surface area contributed by atoms with Crippen molar-refractivity contribution in [2.75, 3.05) is 10.6 Å². The summed E-state index contributed by atoms with van der Waals surface area (Å²) in [5.74, 6) is -0.557. The van der Waals surface area contributed by atoms with Gasteiger partial charge in [0.15, 0.2) is 16.0 Å². The van der Waals surface area contributed by atoms with Gasteiger partial charge in [-0.15, -0.1) is 0 Å². The Morgan fingerprint density at radius 2 is 1.52 bits per heavy atom. The molecule has 2 aromatic carbocycles. The van der Waals surface area contributed by atoms with Crippen molar-refractivity contribution in [3.8, 4) is 11.3 Å². The fourth-order valence-corrected chi connectivity index (χ4v) is 3.15. The average molecular weight is 484 g/mol. The van der Waals surface area contributed by atoms with Gasteiger partial charge >= 0.3 is 0 Å². The lowest BCUT2D eigenvalue weighted by molar-refractivity contribution is -0.384. The quantitative estimate of drug-likeness (QED) is 0.242. The Bertz CT molecular complexity index is 1240. The second kappa shape index (κ2) is 10.4. The van der Waals surface area contributed by atoms with E-state index in [2.05, 4.69) is 21.3 Å². The Kier molecular flexibility index (Phi) is 7.43. The Balaban J connectivity index is 1.57. The minimum absolute atomic E-state index is 0.00770. The molecule has 0 bridgehead atoms. The summed E-state index contributed by atoms with van der Waals surface area (Å²) in [5, 5.41) is 21.8. The van der Waals surface area contributed by atoms with E-state index in [9.17, 15) is 19.7 Å². The van der Waals surface area contributed by atoms with Gasteiger partial charge in [0, 0.05) is 36.0 Å². The number of nitrogens with zero attached hydrogens (tertiary/aromatic N) is 1. The van der Waals surface area contributed by atoms with E-state index in [0.717, 1.165) is 0 Å². The maximum Gasteiger partial charge on any atom is 0.293 e. The van der Waals surface area contributed by atoms with Crippen LogP contribution in [0.25, 0.3) is 11.3 Å². The SMILES string of the molecule is CC(=O)NC(=S)Nc1ccc(NC(=S)NC(=O)c2ccc(-c3cccc([N+](=O)[O-])c3)o2)cc1. The maximum atomic E-state index is 12.4. The van der Waals surface area contributed by atoms with Gasteiger partial charge in [-0.3, -0.25) is 25.0 Å². The van der Waals surface area contributed by atoms with Crippen LogP contribution >= 0.6 is 24.4 Å². The number of anilines is 2. The molecular weight excluding hydrogens is 466 g/mol. The number of carbonyl (C=O) groups excluding carboxylic acids is 2. The predicted octanol–water partition coefficient (Wildman–Crippen LogP) is 3.81. The van der Waals surface area contributed by atoms with Crippen LogP contribution in [0.5, 0.6) is 0 Å². The first kappa shape index (κ1) is 23.5. The Labute approximate surface area is 198 Å². The van der Waals surface area contributed by atoms with E-state index in [0.29, 0.717) is 22.7 Å². The van der Waals surface area contributed by atoms with Crippen LogP contribution in [-0.4, -0.2) is 27.0 Å². The minimum atomic E-state index is -0.580. The van der Waals surface area contributed by atoms with Gasteiger partial charge in [-0.05, 0) is 60.8 Å². The van der Waals surface area contributed by atoms with Crippen LogP contribution in [0.1, 0.15) is 17.5 Å². The van der Waals surface area contributed by atoms with Crippen molar-refractivity contribution in [3.05, 3.63) is 76.5 Å². The molecule has 4 N–H and O–H groups in total. The summed E-state index contributed by atoms with van der Waals surface area (Å²) < 4.78 is 5.53. The average Bonchev–Trinajstić information content (AvgIpc) is 3.25. The molecule has 10 nitrogen and oxygen atoms in total. The van der Waals surface area contributed by atoms with Crippen LogP contribution in [0.4, 0.5) is 17.1 Å². The number of nitro groups is 1. The first-order valence-corrected chi connectivity index (χ1v) is 10.2. The molecule has 0 aliphatic carbocycles. The highest BCUT2D eigenvalue weighted by molar-refractivity contribution is 7.80. The fourth-order valence-electron chi connectivity index (χ4n) is 2.67. The summed E-state index contributed by atoms with van der Waals surface area (Å²) >= 11 is 10.2. The van der Waals surface area contributed by atoms with E-state index < -0.39 is 10.8 Å². The molecule has 3 aromatic rings. The predicted molar refractivity (Wildman–Crippen MR) is 131 cm³/mol. The standard InChI is InChI=1S/C21H17N5O5S2/c1-12(27)22-20(32)23-14-5-7-15(8-6-14)24-21(33)25-19(28)18-10-9-17(31-18)13-3-2-4-16(11-13)26(29)30/h2-11H,1H3,(H2,22,23,27,32)(H2,24,25,28,33). The number of amides is 2. The van der Waals surface area contributed by atoms with E-state index in [1.807, 2.05) is 0 Å². The molecule has 0 unspecified atom stereocenters. The molecule has 1 aromatic heterocycles. The Morgan fingerprint density at radius 3 is 2.09 bits per heavy atom. The van der Waals surface area contributed by atoms with Crippen molar-refractivity contribution in [1.82, 2.24) is 10.6 Å². The number of hydrogen-bond donors (Lipinski definition) is 4. The molecule has 1 heterocycles. The summed E-state index contributed by atoms with van der Waals surface area (Å²) in [5.41, 5.74) is 1.64. The minimum Gasteiger partial charge on any atom is -0.451 e. The topological polar surface area (TPSA) is 139 Å². The number of rotatable bonds is 5. The molecule has 0 saturated carbocycles. The normalized spacial score (nSPS) is 10.1. The van der Waals surface area contributed by atoms with E-state index in [4.69, 9.17) is 28.9 Å². The highest BCUT2D eigenvalue weighted by Crippen LogP contribution is 2.25. The molecule has 0 aliphatic rings. The number of carbonyl (C=O) groups is 2. The summed E-state index contributed by atoms with van der Waals surface area (Å²) in [4.78, 5) is 33.9. The first-order valence-electron chi connectivity index (χ1n) is 9.37. The summed E-state index contributed by atoms with van der Waals surface area (Å²) in [6.07, 6.45) is 0. The summed E-state index contributed by atoms with van der Waals surface area (Å²) in [6.45, 7) is 1.35. The third-order valence-corrected chi connectivity index (χ3v) is 4.50. The van der Waals surface area contributed by atoms with Crippen molar-refractivity contribution in [3.63, 3.8) is 0 Å². The third-order valence-electron chi connectivity index (χ3n) is 4.09. The third kappa shape index (κ3) is 6.66. The first-order chi connectivity index (χ1) is 15.7. The zero-order valence-corrected chi connectivity index (χ0v) is 18.7. The van der Waals surface area contributed by atoms with Crippen molar-refractivity contribution < 1.29 is 18.9 Å². The van der Waals surface area contributed by atoms with Crippen molar-refractivity contribution in [2.45, 2.75) is 6.92 Å². The zero-order valence-electron chi connectivity index (χ0n) is 17.1. The molecule has 0 atom stereocenters. The molecule has 0 saturated heterocycles. The summed E-state index contributed by atoms with van der Waals surface area (Å²) in [7, 11) is 0. The fraction of sp³-hybridized carbons (Fsp3) is 0.0476. The second-order valence-corrected chi connectivity index (χ2v) is 7.41. The Hall–Kier alpha value is -4.16. The van der Waals surface area contributed by atoms with Crippen molar-refractivity contribution in [1.29, 1.82) is 0 Å². The van der Waals surface area contributed by atoms with Crippen LogP contribution in [-0.2, 0) is 4.79 Å². The van der Waals surface area contributed by atoms with Gasteiger partial charge in [-0.2, -0.15) is 0 Å². The monoisotopic (exact) mass is 483 g/mol. The number of nitrogens with one attached hydrogen (secondary N) is 4. The number of thiocarbonyl (C=S) groups is 2. The van der Waals surface area contributed by atoms with Crippen LogP contribution in [0.2, 0.25) is 0 Å². The van der Waals surface area contributed by atoms with Crippen LogP contribution in [0, 0.1) is 10.1 Å². The lowest BCUT2D eigenvalue weighted by Gasteiger charge is -2.11. The molecule has 0 fully saturated rings. The van der Waals surface area contributed by atoms with Crippen molar-refractivity contribution >= 4 is 63.5 Å². The molecule has 0 aliphatic heterocycles. The van der Waals surface area contributed by atoms with Gasteiger partial charge in [-0.1, -0.05) is 12.1 Å². The number of benzene rings is 2. The number of furan rings is 1. The molecule has 3 rings (SSSR count). The zero-order chi connectivity index (χ0) is 24.0. The van der Waals surface area contributed by atoms with Gasteiger partial charge < -0.3 is 20.4 Å². The molecule has 33 heavy (non-hydrogen) atoms. The van der Waals surface area contributed by atoms with E-state index in [1.54, 1.807) is 36.4 Å². The molecular formula is C21H17N5O5S2. The highest BCUT2D eigenvalue weighted by Gasteiger charge is 2.15. The van der Waals surface area contributed by atoms with E-state index in [-0.39, 0.29) is 27.6 Å². The van der Waals surface area contributed by atoms with Gasteiger partial charge in [0.2, 0.25) is 5.91 Å². The van der Waals surface area contributed by atoms with Gasteiger partial charge in [0.1, 0.15) is 5.76 Å². The number of hydrogen-bond acceptors (Lipinski definition) is 7. The second-order valence-electron chi connectivity index (χ2n) is 6.59. The molecule has 12 heteroatoms. The molecule has 0 spiro atoms. The van der Waals surface area contributed by atoms with Crippen LogP contribution in [0.3, 0.4) is 0 Å². The Morgan fingerprint density at radius 1 is 0.909 bits per heavy atom. The lowest BCUT2D eigenvalue weighted by Crippen LogP contribution is -2.34. The molecule has 168 valence electrons. The van der Waals surface area contributed by atoms with Gasteiger partial charge in [0.25, 0.3) is 11.6 Å². The smallest absolute Gasteiger partial charge is 0.293 e. The largest absolute Gasteiger partial charge is 0.451 e. The van der Waals surface area contributed by atoms with Gasteiger partial charge in [-0.25, -0.2) is 0 Å². The molecule has 2 amide bonds. The van der Waals surface area contributed by atoms with E-state index in [1.165, 1.54) is 31.2 Å². The lowest BCUT2D eigenvalue weighted by atomic mass is 10.1. The highest BCUT2D eigenvalue weighted by atomic mass is 32.1. The maximum absolute atomic E-state index is 12.4. The molecule has 0 radical (unpaired) electrons.